The fourth-order valence-electron chi connectivity index (χ4n) is 3.29. The zero-order valence-electron chi connectivity index (χ0n) is 15.6. The molecule has 2 rings (SSSR count). The van der Waals surface area contributed by atoms with Crippen LogP contribution in [-0.4, -0.2) is 47.6 Å². The van der Waals surface area contributed by atoms with Crippen molar-refractivity contribution in [2.75, 3.05) is 6.61 Å². The molecule has 26 heavy (non-hydrogen) atoms. The van der Waals surface area contributed by atoms with Crippen molar-refractivity contribution in [3.8, 4) is 0 Å². The molecular formula is C20H32O6. The van der Waals surface area contributed by atoms with Crippen LogP contribution < -0.4 is 0 Å². The van der Waals surface area contributed by atoms with Crippen molar-refractivity contribution in [1.29, 1.82) is 0 Å². The Morgan fingerprint density at radius 3 is 2.85 bits per heavy atom. The van der Waals surface area contributed by atoms with Gasteiger partial charge in [0.1, 0.15) is 0 Å². The van der Waals surface area contributed by atoms with E-state index in [2.05, 4.69) is 13.0 Å². The van der Waals surface area contributed by atoms with Crippen molar-refractivity contribution in [2.24, 2.45) is 5.92 Å². The van der Waals surface area contributed by atoms with E-state index in [1.54, 1.807) is 0 Å². The second-order valence-electron chi connectivity index (χ2n) is 7.00. The summed E-state index contributed by atoms with van der Waals surface area (Å²) in [6.45, 7) is 2.06. The Kier molecular flexibility index (Phi) is 9.32. The molecule has 0 aliphatic carbocycles. The van der Waals surface area contributed by atoms with Crippen LogP contribution in [0.2, 0.25) is 0 Å². The van der Waals surface area contributed by atoms with Gasteiger partial charge in [-0.15, -0.1) is 0 Å². The SMILES string of the molecule is CCCCCC(O)/C=C/C1O[C@@H]2OCC(O2)[C@@H]1C/C=C\CCCC(=O)O. The lowest BCUT2D eigenvalue weighted by atomic mass is 9.91. The third kappa shape index (κ3) is 7.19. The molecule has 148 valence electrons. The molecule has 6 nitrogen and oxygen atoms in total. The molecule has 2 heterocycles. The normalized spacial score (nSPS) is 29.6. The molecule has 0 radical (unpaired) electrons. The molecule has 2 aliphatic rings. The van der Waals surface area contributed by atoms with Gasteiger partial charge >= 0.3 is 5.97 Å². The molecule has 2 aliphatic heterocycles. The summed E-state index contributed by atoms with van der Waals surface area (Å²) in [5.74, 6) is -0.632. The van der Waals surface area contributed by atoms with Gasteiger partial charge in [0, 0.05) is 12.3 Å². The van der Waals surface area contributed by atoms with E-state index in [0.717, 1.165) is 38.5 Å². The van der Waals surface area contributed by atoms with Crippen LogP contribution >= 0.6 is 0 Å². The summed E-state index contributed by atoms with van der Waals surface area (Å²) >= 11 is 0. The summed E-state index contributed by atoms with van der Waals surface area (Å²) in [6.07, 6.45) is 13.7. The number of carbonyl (C=O) groups is 1. The zero-order chi connectivity index (χ0) is 18.8. The van der Waals surface area contributed by atoms with Crippen LogP contribution in [0.15, 0.2) is 24.3 Å². The van der Waals surface area contributed by atoms with Gasteiger partial charge in [0.05, 0.1) is 24.9 Å². The van der Waals surface area contributed by atoms with Gasteiger partial charge in [-0.1, -0.05) is 50.5 Å². The van der Waals surface area contributed by atoms with Gasteiger partial charge in [-0.05, 0) is 25.7 Å². The molecule has 2 bridgehead atoms. The van der Waals surface area contributed by atoms with Crippen LogP contribution in [0.25, 0.3) is 0 Å². The summed E-state index contributed by atoms with van der Waals surface area (Å²) in [5.41, 5.74) is 0. The van der Waals surface area contributed by atoms with Crippen molar-refractivity contribution in [3.05, 3.63) is 24.3 Å². The Bertz CT molecular complexity index is 475. The first-order valence-corrected chi connectivity index (χ1v) is 9.76. The number of carboxylic acids is 1. The molecular weight excluding hydrogens is 336 g/mol. The van der Waals surface area contributed by atoms with E-state index < -0.39 is 18.5 Å². The summed E-state index contributed by atoms with van der Waals surface area (Å²) in [4.78, 5) is 10.5. The Hall–Kier alpha value is -1.21. The maximum absolute atomic E-state index is 10.5. The summed E-state index contributed by atoms with van der Waals surface area (Å²) in [7, 11) is 0. The predicted molar refractivity (Wildman–Crippen MR) is 97.5 cm³/mol. The highest BCUT2D eigenvalue weighted by Gasteiger charge is 2.43. The first kappa shape index (κ1) is 21.1. The first-order chi connectivity index (χ1) is 12.6. The average Bonchev–Trinajstić information content (AvgIpc) is 3.00. The summed E-state index contributed by atoms with van der Waals surface area (Å²) in [5, 5.41) is 18.7. The molecule has 5 atom stereocenters. The fraction of sp³-hybridized carbons (Fsp3) is 0.750. The molecule has 2 N–H and O–H groups in total. The minimum atomic E-state index is -0.760. The summed E-state index contributed by atoms with van der Waals surface area (Å²) in [6, 6.07) is 0. The van der Waals surface area contributed by atoms with E-state index in [1.165, 1.54) is 0 Å². The van der Waals surface area contributed by atoms with E-state index in [-0.39, 0.29) is 24.5 Å². The summed E-state index contributed by atoms with van der Waals surface area (Å²) < 4.78 is 17.0. The number of allylic oxidation sites excluding steroid dienone is 2. The van der Waals surface area contributed by atoms with E-state index in [4.69, 9.17) is 19.3 Å². The number of carboxylic acid groups (broad SMARTS) is 1. The number of unbranched alkanes of at least 4 members (excludes halogenated alkanes) is 3. The number of hydrogen-bond acceptors (Lipinski definition) is 5. The average molecular weight is 368 g/mol. The van der Waals surface area contributed by atoms with Crippen LogP contribution in [0.3, 0.4) is 0 Å². The highest BCUT2D eigenvalue weighted by Crippen LogP contribution is 2.34. The minimum Gasteiger partial charge on any atom is -0.481 e. The van der Waals surface area contributed by atoms with Crippen molar-refractivity contribution in [3.63, 3.8) is 0 Å². The van der Waals surface area contributed by atoms with E-state index in [1.807, 2.05) is 18.2 Å². The highest BCUT2D eigenvalue weighted by atomic mass is 16.9. The molecule has 2 fully saturated rings. The Labute approximate surface area is 155 Å². The molecule has 0 aromatic rings. The maximum atomic E-state index is 10.5. The van der Waals surface area contributed by atoms with Crippen LogP contribution in [0.4, 0.5) is 0 Å². The van der Waals surface area contributed by atoms with Crippen LogP contribution in [0.5, 0.6) is 0 Å². The van der Waals surface area contributed by atoms with Crippen LogP contribution in [0, 0.1) is 5.92 Å². The van der Waals surface area contributed by atoms with Gasteiger partial charge in [0.2, 0.25) is 0 Å². The molecule has 6 heteroatoms. The molecule has 0 spiro atoms. The van der Waals surface area contributed by atoms with E-state index >= 15 is 0 Å². The largest absolute Gasteiger partial charge is 0.481 e. The van der Waals surface area contributed by atoms with E-state index in [0.29, 0.717) is 13.0 Å². The predicted octanol–water partition coefficient (Wildman–Crippen LogP) is 3.40. The number of aliphatic carboxylic acids is 1. The molecule has 3 unspecified atom stereocenters. The monoisotopic (exact) mass is 368 g/mol. The van der Waals surface area contributed by atoms with Crippen LogP contribution in [-0.2, 0) is 19.0 Å². The quantitative estimate of drug-likeness (QED) is 0.406. The Morgan fingerprint density at radius 1 is 1.23 bits per heavy atom. The first-order valence-electron chi connectivity index (χ1n) is 9.76. The molecule has 0 aromatic heterocycles. The third-order valence-electron chi connectivity index (χ3n) is 4.81. The smallest absolute Gasteiger partial charge is 0.303 e. The van der Waals surface area contributed by atoms with E-state index in [9.17, 15) is 9.90 Å². The van der Waals surface area contributed by atoms with Gasteiger partial charge in [0.25, 0.3) is 6.48 Å². The van der Waals surface area contributed by atoms with Crippen molar-refractivity contribution in [2.45, 2.75) is 83.1 Å². The van der Waals surface area contributed by atoms with Gasteiger partial charge in [-0.2, -0.15) is 0 Å². The highest BCUT2D eigenvalue weighted by molar-refractivity contribution is 5.66. The van der Waals surface area contributed by atoms with Gasteiger partial charge in [-0.25, -0.2) is 0 Å². The minimum absolute atomic E-state index is 0.00990. The Morgan fingerprint density at radius 2 is 2.08 bits per heavy atom. The molecule has 0 aromatic carbocycles. The lowest BCUT2D eigenvalue weighted by Gasteiger charge is -2.33. The second-order valence-corrected chi connectivity index (χ2v) is 7.00. The standard InChI is InChI=1S/C20H32O6/c1-2-3-6-9-15(21)12-13-17-16(18-14-24-20(25-17)26-18)10-7-4-5-8-11-19(22)23/h4,7,12-13,15-18,20-21H,2-3,5-6,8-11,14H2,1H3,(H,22,23)/b7-4-,13-12+/t15?,16-,17?,18?,20+/m1/s1. The van der Waals surface area contributed by atoms with Crippen molar-refractivity contribution in [1.82, 2.24) is 0 Å². The van der Waals surface area contributed by atoms with Gasteiger partial charge in [-0.3, -0.25) is 4.79 Å². The van der Waals surface area contributed by atoms with Gasteiger partial charge < -0.3 is 24.4 Å². The van der Waals surface area contributed by atoms with Crippen molar-refractivity contribution >= 4 is 5.97 Å². The van der Waals surface area contributed by atoms with Crippen molar-refractivity contribution < 1.29 is 29.2 Å². The number of hydrogen-bond donors (Lipinski definition) is 2. The third-order valence-corrected chi connectivity index (χ3v) is 4.81. The topological polar surface area (TPSA) is 85.2 Å². The number of fused-ring (bicyclic) bond motifs is 2. The Balaban J connectivity index is 1.82. The lowest BCUT2D eigenvalue weighted by molar-refractivity contribution is -0.290. The molecule has 0 amide bonds. The number of rotatable bonds is 12. The lowest BCUT2D eigenvalue weighted by Crippen LogP contribution is -2.40. The zero-order valence-corrected chi connectivity index (χ0v) is 15.6. The number of ether oxygens (including phenoxy) is 3. The van der Waals surface area contributed by atoms with Gasteiger partial charge in [0.15, 0.2) is 0 Å². The molecule has 2 saturated heterocycles. The fourth-order valence-corrected chi connectivity index (χ4v) is 3.29. The number of aliphatic hydroxyl groups is 1. The second kappa shape index (κ2) is 11.5. The van der Waals surface area contributed by atoms with Crippen LogP contribution in [0.1, 0.15) is 58.3 Å². The maximum Gasteiger partial charge on any atom is 0.303 e. The number of aliphatic hydroxyl groups excluding tert-OH is 1. The molecule has 0 saturated carbocycles.